The van der Waals surface area contributed by atoms with Gasteiger partial charge >= 0.3 is 6.18 Å². The topological polar surface area (TPSA) is 60.2 Å². The van der Waals surface area contributed by atoms with E-state index in [9.17, 15) is 22.4 Å². The number of halogens is 4. The van der Waals surface area contributed by atoms with E-state index < -0.39 is 29.5 Å². The molecule has 1 amide bonds. The van der Waals surface area contributed by atoms with Crippen molar-refractivity contribution in [3.05, 3.63) is 125 Å². The Morgan fingerprint density at radius 3 is 2.40 bits per heavy atom. The van der Waals surface area contributed by atoms with E-state index in [1.807, 2.05) is 87.0 Å². The molecular formula is C37H38F4N4O2. The Morgan fingerprint density at radius 1 is 1.13 bits per heavy atom. The zero-order valence-corrected chi connectivity index (χ0v) is 27.1. The van der Waals surface area contributed by atoms with Crippen LogP contribution in [0.3, 0.4) is 0 Å². The van der Waals surface area contributed by atoms with Gasteiger partial charge in [0.2, 0.25) is 5.91 Å². The first kappa shape index (κ1) is 36.3. The molecule has 0 aliphatic heterocycles. The fourth-order valence-electron chi connectivity index (χ4n) is 4.86. The predicted molar refractivity (Wildman–Crippen MR) is 176 cm³/mol. The van der Waals surface area contributed by atoms with Crippen molar-refractivity contribution < 1.29 is 27.1 Å². The molecule has 0 aliphatic rings. The van der Waals surface area contributed by atoms with Gasteiger partial charge in [-0.3, -0.25) is 9.78 Å². The number of nitrogens with zero attached hydrogens (tertiary/aromatic N) is 4. The van der Waals surface area contributed by atoms with Gasteiger partial charge in [0, 0.05) is 30.8 Å². The first-order chi connectivity index (χ1) is 22.5. The molecule has 2 aromatic heterocycles. The Balaban J connectivity index is 0.00000192. The largest absolute Gasteiger partial charge is 0.494 e. The van der Waals surface area contributed by atoms with Crippen LogP contribution in [0, 0.1) is 18.2 Å². The maximum atomic E-state index is 14.0. The Labute approximate surface area is 273 Å². The van der Waals surface area contributed by atoms with Crippen LogP contribution < -0.4 is 4.74 Å². The average molecular weight is 647 g/mol. The first-order valence-electron chi connectivity index (χ1n) is 15.0. The lowest BCUT2D eigenvalue weighted by Gasteiger charge is -2.30. The molecule has 0 saturated carbocycles. The first-order valence-corrected chi connectivity index (χ1v) is 15.0. The fourth-order valence-corrected chi connectivity index (χ4v) is 4.86. The minimum Gasteiger partial charge on any atom is -0.494 e. The monoisotopic (exact) mass is 646 g/mol. The highest BCUT2D eigenvalue weighted by molar-refractivity contribution is 5.79. The number of ether oxygens (including phenoxy) is 1. The molecule has 2 aromatic carbocycles. The highest BCUT2D eigenvalue weighted by atomic mass is 19.4. The number of terminal acetylenes is 1. The summed E-state index contributed by atoms with van der Waals surface area (Å²) < 4.78 is 61.7. The van der Waals surface area contributed by atoms with Crippen LogP contribution in [0.15, 0.2) is 91.4 Å². The Morgan fingerprint density at radius 2 is 1.83 bits per heavy atom. The molecule has 6 nitrogen and oxygen atoms in total. The normalized spacial score (nSPS) is 12.2. The van der Waals surface area contributed by atoms with E-state index in [2.05, 4.69) is 17.3 Å². The number of imidazole rings is 1. The molecule has 0 spiro atoms. The molecule has 1 unspecified atom stereocenters. The number of rotatable bonds is 11. The number of hydrogen-bond acceptors (Lipinski definition) is 4. The fraction of sp³-hybridized carbons (Fsp3) is 0.270. The standard InChI is InChI=1S/C34H34F4N4O2.C3H4/c1-5-9-26(6-2)31-22-42(27-12-14-28(15-13-27)44-7-3)33(40-31)23(4)41(21-25-10-8-17-39-20-25)32(43)19-24-11-16-30(35)29(18-24)34(36,37)38;1-3-2/h5-6,8-18,20,22-23H,7,19,21H2,1-4H3;1H,2H3/b9-5-,26-6+;. The van der Waals surface area contributed by atoms with Crippen molar-refractivity contribution >= 4 is 11.5 Å². The molecule has 0 aliphatic carbocycles. The van der Waals surface area contributed by atoms with Gasteiger partial charge < -0.3 is 14.2 Å². The molecule has 0 radical (unpaired) electrons. The maximum Gasteiger partial charge on any atom is 0.419 e. The summed E-state index contributed by atoms with van der Waals surface area (Å²) in [5, 5.41) is 0. The van der Waals surface area contributed by atoms with E-state index in [0.717, 1.165) is 22.9 Å². The second kappa shape index (κ2) is 16.9. The second-order valence-corrected chi connectivity index (χ2v) is 10.4. The number of pyridine rings is 1. The molecule has 10 heteroatoms. The van der Waals surface area contributed by atoms with E-state index in [1.54, 1.807) is 30.3 Å². The Hall–Kier alpha value is -5.17. The molecule has 47 heavy (non-hydrogen) atoms. The lowest BCUT2D eigenvalue weighted by molar-refractivity contribution is -0.140. The van der Waals surface area contributed by atoms with Crippen molar-refractivity contribution in [2.24, 2.45) is 0 Å². The molecule has 4 aromatic rings. The van der Waals surface area contributed by atoms with E-state index >= 15 is 0 Å². The molecule has 4 rings (SSSR count). The van der Waals surface area contributed by atoms with Crippen LogP contribution in [-0.4, -0.2) is 31.9 Å². The summed E-state index contributed by atoms with van der Waals surface area (Å²) in [6.07, 6.45) is 10.2. The Kier molecular flexibility index (Phi) is 13.1. The molecule has 2 heterocycles. The van der Waals surface area contributed by atoms with Crippen molar-refractivity contribution in [1.82, 2.24) is 19.4 Å². The van der Waals surface area contributed by atoms with Gasteiger partial charge in [-0.2, -0.15) is 13.2 Å². The minimum absolute atomic E-state index is 0.0481. The van der Waals surface area contributed by atoms with Crippen LogP contribution in [0.1, 0.15) is 68.9 Å². The summed E-state index contributed by atoms with van der Waals surface area (Å²) in [7, 11) is 0. The molecule has 246 valence electrons. The average Bonchev–Trinajstić information content (AvgIpc) is 3.49. The number of carbonyl (C=O) groups is 1. The molecule has 0 bridgehead atoms. The van der Waals surface area contributed by atoms with Crippen LogP contribution in [0.5, 0.6) is 5.75 Å². The molecule has 0 fully saturated rings. The van der Waals surface area contributed by atoms with Crippen LogP contribution in [-0.2, 0) is 23.9 Å². The number of hydrogen-bond donors (Lipinski definition) is 0. The number of benzene rings is 2. The summed E-state index contributed by atoms with van der Waals surface area (Å²) in [6, 6.07) is 13.0. The third-order valence-electron chi connectivity index (χ3n) is 7.04. The van der Waals surface area contributed by atoms with E-state index in [0.29, 0.717) is 29.9 Å². The van der Waals surface area contributed by atoms with Crippen molar-refractivity contribution in [3.63, 3.8) is 0 Å². The number of allylic oxidation sites excluding steroid dienone is 4. The second-order valence-electron chi connectivity index (χ2n) is 10.4. The SMILES string of the molecule is C#CC.C/C=C\C(=C/C)c1cn(-c2ccc(OCC)cc2)c(C(C)N(Cc2cccnc2)C(=O)Cc2ccc(F)c(C(F)(F)F)c2)n1. The van der Waals surface area contributed by atoms with Crippen LogP contribution in [0.4, 0.5) is 17.6 Å². The van der Waals surface area contributed by atoms with Gasteiger partial charge in [0.25, 0.3) is 0 Å². The number of carbonyl (C=O) groups excluding carboxylic acids is 1. The maximum absolute atomic E-state index is 14.0. The van der Waals surface area contributed by atoms with Gasteiger partial charge in [0.15, 0.2) is 0 Å². The highest BCUT2D eigenvalue weighted by Gasteiger charge is 2.35. The summed E-state index contributed by atoms with van der Waals surface area (Å²) in [4.78, 5) is 24.6. The van der Waals surface area contributed by atoms with Gasteiger partial charge in [-0.1, -0.05) is 30.4 Å². The van der Waals surface area contributed by atoms with E-state index in [4.69, 9.17) is 9.72 Å². The highest BCUT2D eigenvalue weighted by Crippen LogP contribution is 2.33. The van der Waals surface area contributed by atoms with Gasteiger partial charge in [0.1, 0.15) is 17.4 Å². The van der Waals surface area contributed by atoms with E-state index in [1.165, 1.54) is 6.07 Å². The third-order valence-corrected chi connectivity index (χ3v) is 7.04. The van der Waals surface area contributed by atoms with Crippen LogP contribution in [0.25, 0.3) is 11.3 Å². The van der Waals surface area contributed by atoms with Crippen molar-refractivity contribution in [3.8, 4) is 23.8 Å². The molecular weight excluding hydrogens is 608 g/mol. The molecule has 0 N–H and O–H groups in total. The summed E-state index contributed by atoms with van der Waals surface area (Å²) in [5.74, 6) is 1.66. The summed E-state index contributed by atoms with van der Waals surface area (Å²) >= 11 is 0. The number of aromatic nitrogens is 3. The minimum atomic E-state index is -4.89. The van der Waals surface area contributed by atoms with Crippen molar-refractivity contribution in [2.45, 2.75) is 59.8 Å². The predicted octanol–water partition coefficient (Wildman–Crippen LogP) is 8.78. The third kappa shape index (κ3) is 9.66. The van der Waals surface area contributed by atoms with Crippen molar-refractivity contribution in [1.29, 1.82) is 0 Å². The van der Waals surface area contributed by atoms with Gasteiger partial charge in [-0.15, -0.1) is 12.3 Å². The van der Waals surface area contributed by atoms with E-state index in [-0.39, 0.29) is 18.5 Å². The van der Waals surface area contributed by atoms with Crippen LogP contribution in [0.2, 0.25) is 0 Å². The summed E-state index contributed by atoms with van der Waals surface area (Å²) in [5.41, 5.74) is 1.71. The Bertz CT molecular complexity index is 1720. The van der Waals surface area contributed by atoms with Gasteiger partial charge in [-0.05, 0) is 93.8 Å². The number of alkyl halides is 3. The zero-order chi connectivity index (χ0) is 34.6. The lowest BCUT2D eigenvalue weighted by atomic mass is 10.1. The smallest absolute Gasteiger partial charge is 0.419 e. The number of amides is 1. The molecule has 0 saturated heterocycles. The quantitative estimate of drug-likeness (QED) is 0.0929. The zero-order valence-electron chi connectivity index (χ0n) is 27.1. The van der Waals surface area contributed by atoms with Crippen LogP contribution >= 0.6 is 0 Å². The van der Waals surface area contributed by atoms with Gasteiger partial charge in [-0.25, -0.2) is 9.37 Å². The summed E-state index contributed by atoms with van der Waals surface area (Å²) in [6.45, 7) is 9.84. The molecule has 1 atom stereocenters. The van der Waals surface area contributed by atoms with Crippen molar-refractivity contribution in [2.75, 3.05) is 6.61 Å². The lowest BCUT2D eigenvalue weighted by Crippen LogP contribution is -2.35. The van der Waals surface area contributed by atoms with Gasteiger partial charge in [0.05, 0.1) is 30.3 Å².